The van der Waals surface area contributed by atoms with Crippen molar-refractivity contribution in [2.75, 3.05) is 6.61 Å². The smallest absolute Gasteiger partial charge is 0.311 e. The van der Waals surface area contributed by atoms with Crippen LogP contribution in [0.1, 0.15) is 66.2 Å². The fourth-order valence-corrected chi connectivity index (χ4v) is 10.8. The van der Waals surface area contributed by atoms with Crippen LogP contribution in [-0.2, 0) is 42.9 Å². The standard InChI is InChI=1S/C29H36O12/c1-12-17-19(37-20(12)33)28(36)21-23(2,22(34)25(28,4)35)7-8-26-10-27-14(6-5-13(26)18(32)29(21,40-17)41-26)24(3,11-30)38-15(27)9-16(31)39-27/h12-15,17,19,21,30,35-36H,5-11H2,1-4H3/t12-,13-,14-,15+,17+,19-,21+,23-,24-,25-,26-,27+,28-,29+/m1/s1. The van der Waals surface area contributed by atoms with E-state index in [1.165, 1.54) is 6.92 Å². The molecule has 8 fully saturated rings. The van der Waals surface area contributed by atoms with E-state index in [2.05, 4.69) is 0 Å². The molecule has 41 heavy (non-hydrogen) atoms. The molecule has 6 saturated heterocycles. The van der Waals surface area contributed by atoms with Crippen LogP contribution in [0.25, 0.3) is 0 Å². The summed E-state index contributed by atoms with van der Waals surface area (Å²) in [5, 5.41) is 34.5. The summed E-state index contributed by atoms with van der Waals surface area (Å²) in [5.74, 6) is -7.77. The molecule has 3 spiro atoms. The molecule has 8 rings (SSSR count). The number of ether oxygens (including phenoxy) is 5. The maximum absolute atomic E-state index is 14.8. The number of carbonyl (C=O) groups excluding carboxylic acids is 4. The highest BCUT2D eigenvalue weighted by Gasteiger charge is 2.89. The summed E-state index contributed by atoms with van der Waals surface area (Å²) in [5.41, 5.74) is -9.59. The number of aliphatic hydroxyl groups excluding tert-OH is 1. The third-order valence-corrected chi connectivity index (χ3v) is 12.6. The van der Waals surface area contributed by atoms with Gasteiger partial charge in [0.25, 0.3) is 0 Å². The Hall–Kier alpha value is -1.96. The van der Waals surface area contributed by atoms with Crippen LogP contribution in [-0.4, -0.2) is 97.5 Å². The molecule has 12 heteroatoms. The van der Waals surface area contributed by atoms with Gasteiger partial charge < -0.3 is 39.0 Å². The number of ketones is 2. The first-order valence-electron chi connectivity index (χ1n) is 14.7. The molecule has 3 N–H and O–H groups in total. The van der Waals surface area contributed by atoms with E-state index in [1.54, 1.807) is 20.8 Å². The number of Topliss-reactive ketones (excluding diaryl/α,β-unsaturated/α-hetero) is 2. The number of hydrogen-bond acceptors (Lipinski definition) is 12. The Kier molecular flexibility index (Phi) is 4.69. The van der Waals surface area contributed by atoms with Crippen LogP contribution in [0, 0.1) is 29.1 Å². The number of esters is 2. The van der Waals surface area contributed by atoms with Crippen molar-refractivity contribution in [3.8, 4) is 0 Å². The molecule has 6 heterocycles. The van der Waals surface area contributed by atoms with Crippen molar-refractivity contribution in [3.05, 3.63) is 0 Å². The Balaban J connectivity index is 1.32. The summed E-state index contributed by atoms with van der Waals surface area (Å²) >= 11 is 0. The first-order chi connectivity index (χ1) is 19.1. The van der Waals surface area contributed by atoms with Crippen molar-refractivity contribution in [3.63, 3.8) is 0 Å². The van der Waals surface area contributed by atoms with Gasteiger partial charge in [0.1, 0.15) is 23.4 Å². The van der Waals surface area contributed by atoms with Gasteiger partial charge in [0.05, 0.1) is 42.0 Å². The Morgan fingerprint density at radius 3 is 2.44 bits per heavy atom. The van der Waals surface area contributed by atoms with Crippen LogP contribution in [0.3, 0.4) is 0 Å². The van der Waals surface area contributed by atoms with E-state index in [0.717, 1.165) is 0 Å². The molecule has 224 valence electrons. The number of rotatable bonds is 1. The van der Waals surface area contributed by atoms with Crippen molar-refractivity contribution < 1.29 is 58.2 Å². The molecule has 12 nitrogen and oxygen atoms in total. The number of fused-ring (bicyclic) bond motifs is 2. The number of carbonyl (C=O) groups is 4. The van der Waals surface area contributed by atoms with Gasteiger partial charge in [-0.25, -0.2) is 0 Å². The third-order valence-electron chi connectivity index (χ3n) is 12.6. The second-order valence-electron chi connectivity index (χ2n) is 14.6. The van der Waals surface area contributed by atoms with Gasteiger partial charge in [-0.1, -0.05) is 6.92 Å². The summed E-state index contributed by atoms with van der Waals surface area (Å²) in [7, 11) is 0. The van der Waals surface area contributed by atoms with Gasteiger partial charge in [-0.2, -0.15) is 0 Å². The molecule has 14 atom stereocenters. The molecule has 6 aliphatic heterocycles. The summed E-state index contributed by atoms with van der Waals surface area (Å²) in [6.07, 6.45) is -2.06. The molecular weight excluding hydrogens is 540 g/mol. The molecule has 0 aromatic rings. The highest BCUT2D eigenvalue weighted by atomic mass is 16.7. The zero-order chi connectivity index (χ0) is 29.3. The average molecular weight is 577 g/mol. The Morgan fingerprint density at radius 1 is 1.00 bits per heavy atom. The van der Waals surface area contributed by atoms with Crippen molar-refractivity contribution in [2.45, 2.75) is 118 Å². The molecule has 2 bridgehead atoms. The fraction of sp³-hybridized carbons (Fsp3) is 0.862. The molecule has 0 aromatic carbocycles. The van der Waals surface area contributed by atoms with Gasteiger partial charge in [-0.05, 0) is 46.5 Å². The van der Waals surface area contributed by atoms with Crippen LogP contribution in [0.15, 0.2) is 0 Å². The van der Waals surface area contributed by atoms with Crippen molar-refractivity contribution >= 4 is 23.5 Å². The summed E-state index contributed by atoms with van der Waals surface area (Å²) in [6, 6.07) is 0. The molecule has 8 aliphatic rings. The van der Waals surface area contributed by atoms with E-state index < -0.39 is 105 Å². The van der Waals surface area contributed by atoms with Gasteiger partial charge >= 0.3 is 11.9 Å². The summed E-state index contributed by atoms with van der Waals surface area (Å²) < 4.78 is 31.4. The lowest BCUT2D eigenvalue weighted by Crippen LogP contribution is -2.75. The molecule has 0 unspecified atom stereocenters. The van der Waals surface area contributed by atoms with Crippen LogP contribution < -0.4 is 0 Å². The van der Waals surface area contributed by atoms with Gasteiger partial charge in [0.2, 0.25) is 5.79 Å². The van der Waals surface area contributed by atoms with Crippen LogP contribution in [0.5, 0.6) is 0 Å². The first kappa shape index (κ1) is 26.7. The third kappa shape index (κ3) is 2.56. The Labute approximate surface area is 236 Å². The molecule has 0 radical (unpaired) electrons. The largest absolute Gasteiger partial charge is 0.456 e. The summed E-state index contributed by atoms with van der Waals surface area (Å²) in [6.45, 7) is 5.88. The van der Waals surface area contributed by atoms with Gasteiger partial charge in [0.15, 0.2) is 23.3 Å². The molecule has 2 saturated carbocycles. The summed E-state index contributed by atoms with van der Waals surface area (Å²) in [4.78, 5) is 54.4. The minimum atomic E-state index is -2.36. The van der Waals surface area contributed by atoms with Gasteiger partial charge in [0, 0.05) is 17.8 Å². The van der Waals surface area contributed by atoms with Crippen LogP contribution in [0.2, 0.25) is 0 Å². The lowest BCUT2D eigenvalue weighted by atomic mass is 9.59. The minimum Gasteiger partial charge on any atom is -0.456 e. The minimum absolute atomic E-state index is 0.00455. The maximum Gasteiger partial charge on any atom is 0.311 e. The highest BCUT2D eigenvalue weighted by molar-refractivity contribution is 6.01. The Morgan fingerprint density at radius 2 is 1.73 bits per heavy atom. The van der Waals surface area contributed by atoms with E-state index in [0.29, 0.717) is 12.8 Å². The van der Waals surface area contributed by atoms with Crippen molar-refractivity contribution in [2.24, 2.45) is 29.1 Å². The van der Waals surface area contributed by atoms with E-state index >= 15 is 0 Å². The average Bonchev–Trinajstić information content (AvgIpc) is 3.47. The zero-order valence-corrected chi connectivity index (χ0v) is 23.5. The van der Waals surface area contributed by atoms with E-state index in [4.69, 9.17) is 23.7 Å². The first-order valence-corrected chi connectivity index (χ1v) is 14.7. The highest BCUT2D eigenvalue weighted by Crippen LogP contribution is 2.72. The second-order valence-corrected chi connectivity index (χ2v) is 14.6. The lowest BCUT2D eigenvalue weighted by molar-refractivity contribution is -0.370. The number of hydrogen-bond donors (Lipinski definition) is 3. The van der Waals surface area contributed by atoms with E-state index in [-0.39, 0.29) is 32.3 Å². The SMILES string of the molecule is C[C@H]1C(=O)O[C@@H]2[C@H]1O[C@@]13O[C@]4(CC[C@@]5(C)C(=O)[C@@](C)(O)[C@]2(O)[C@@H]15)C[C@@]12OC(=O)C[C@@H]1O[C@](C)(CO)[C@H]2CC[C@@H]4C3=O. The molecule has 0 aromatic heterocycles. The van der Waals surface area contributed by atoms with E-state index in [1.807, 2.05) is 0 Å². The van der Waals surface area contributed by atoms with Crippen molar-refractivity contribution in [1.82, 2.24) is 0 Å². The van der Waals surface area contributed by atoms with Gasteiger partial charge in [-0.3, -0.25) is 19.2 Å². The lowest BCUT2D eigenvalue weighted by Gasteiger charge is -2.54. The van der Waals surface area contributed by atoms with Crippen molar-refractivity contribution in [1.29, 1.82) is 0 Å². The fourth-order valence-electron chi connectivity index (χ4n) is 10.8. The van der Waals surface area contributed by atoms with E-state index in [9.17, 15) is 34.5 Å². The predicted octanol–water partition coefficient (Wildman–Crippen LogP) is -0.286. The Bertz CT molecular complexity index is 1330. The maximum atomic E-state index is 14.8. The zero-order valence-electron chi connectivity index (χ0n) is 23.5. The second kappa shape index (κ2) is 7.22. The normalized spacial score (nSPS) is 61.8. The predicted molar refractivity (Wildman–Crippen MR) is 132 cm³/mol. The van der Waals surface area contributed by atoms with Crippen LogP contribution >= 0.6 is 0 Å². The topological polar surface area (TPSA) is 175 Å². The monoisotopic (exact) mass is 576 g/mol. The quantitative estimate of drug-likeness (QED) is 0.349. The molecule has 2 aliphatic carbocycles. The molecular formula is C29H36O12. The van der Waals surface area contributed by atoms with Gasteiger partial charge in [-0.15, -0.1) is 0 Å². The number of aliphatic hydroxyl groups is 3. The molecule has 0 amide bonds. The van der Waals surface area contributed by atoms with Crippen LogP contribution in [0.4, 0.5) is 0 Å².